The quantitative estimate of drug-likeness (QED) is 0.886. The van der Waals surface area contributed by atoms with Crippen molar-refractivity contribution in [2.45, 2.75) is 38.2 Å². The molecule has 4 unspecified atom stereocenters. The van der Waals surface area contributed by atoms with Gasteiger partial charge in [-0.15, -0.1) is 11.3 Å². The van der Waals surface area contributed by atoms with E-state index in [0.29, 0.717) is 5.92 Å². The van der Waals surface area contributed by atoms with Crippen molar-refractivity contribution in [3.05, 3.63) is 35.2 Å². The van der Waals surface area contributed by atoms with E-state index >= 15 is 0 Å². The van der Waals surface area contributed by atoms with Crippen LogP contribution in [0.5, 0.6) is 0 Å². The van der Waals surface area contributed by atoms with Crippen LogP contribution in [0.25, 0.3) is 10.1 Å². The Bertz CT molecular complexity index is 588. The summed E-state index contributed by atoms with van der Waals surface area (Å²) in [5.41, 5.74) is 1.34. The molecule has 0 amide bonds. The monoisotopic (exact) mass is 272 g/mol. The van der Waals surface area contributed by atoms with Crippen LogP contribution in [0, 0.1) is 17.8 Å². The lowest BCUT2D eigenvalue weighted by molar-refractivity contribution is 0.0754. The van der Waals surface area contributed by atoms with E-state index in [2.05, 4.69) is 29.6 Å². The first-order valence-electron chi connectivity index (χ1n) is 7.44. The third-order valence-electron chi connectivity index (χ3n) is 5.28. The first-order chi connectivity index (χ1) is 9.31. The zero-order chi connectivity index (χ0) is 12.8. The number of aliphatic hydroxyl groups is 1. The van der Waals surface area contributed by atoms with Crippen molar-refractivity contribution in [2.75, 3.05) is 0 Å². The highest BCUT2D eigenvalue weighted by Gasteiger charge is 2.42. The van der Waals surface area contributed by atoms with Crippen LogP contribution in [0.15, 0.2) is 29.6 Å². The molecule has 2 heteroatoms. The molecule has 100 valence electrons. The van der Waals surface area contributed by atoms with E-state index in [9.17, 15) is 5.11 Å². The molecule has 1 aromatic heterocycles. The summed E-state index contributed by atoms with van der Waals surface area (Å²) in [6.07, 6.45) is 6.14. The molecule has 2 bridgehead atoms. The van der Waals surface area contributed by atoms with Gasteiger partial charge >= 0.3 is 0 Å². The number of rotatable bonds is 3. The third kappa shape index (κ3) is 2.02. The van der Waals surface area contributed by atoms with Crippen molar-refractivity contribution in [3.8, 4) is 0 Å². The molecule has 2 saturated carbocycles. The van der Waals surface area contributed by atoms with Crippen LogP contribution in [-0.2, 0) is 6.42 Å². The van der Waals surface area contributed by atoms with Gasteiger partial charge in [-0.3, -0.25) is 0 Å². The molecule has 0 radical (unpaired) electrons. The molecule has 4 atom stereocenters. The minimum Gasteiger partial charge on any atom is -0.392 e. The summed E-state index contributed by atoms with van der Waals surface area (Å²) in [5.74, 6) is 2.30. The highest BCUT2D eigenvalue weighted by molar-refractivity contribution is 7.17. The number of aliphatic hydroxyl groups excluding tert-OH is 1. The summed E-state index contributed by atoms with van der Waals surface area (Å²) in [6, 6.07) is 8.56. The molecule has 1 N–H and O–H groups in total. The van der Waals surface area contributed by atoms with Gasteiger partial charge < -0.3 is 5.11 Å². The molecule has 1 aromatic carbocycles. The van der Waals surface area contributed by atoms with E-state index in [1.165, 1.54) is 41.3 Å². The maximum atomic E-state index is 10.6. The molecular weight excluding hydrogens is 252 g/mol. The minimum atomic E-state index is -0.131. The van der Waals surface area contributed by atoms with Crippen molar-refractivity contribution >= 4 is 21.4 Å². The number of benzene rings is 1. The van der Waals surface area contributed by atoms with Crippen molar-refractivity contribution in [1.82, 2.24) is 0 Å². The van der Waals surface area contributed by atoms with E-state index in [4.69, 9.17) is 0 Å². The maximum absolute atomic E-state index is 10.6. The number of hydrogen-bond acceptors (Lipinski definition) is 2. The predicted molar refractivity (Wildman–Crippen MR) is 80.5 cm³/mol. The Labute approximate surface area is 118 Å². The van der Waals surface area contributed by atoms with Gasteiger partial charge in [-0.05, 0) is 59.4 Å². The summed E-state index contributed by atoms with van der Waals surface area (Å²) < 4.78 is 1.35. The Morgan fingerprint density at radius 3 is 2.89 bits per heavy atom. The maximum Gasteiger partial charge on any atom is 0.0611 e. The molecule has 2 aromatic rings. The van der Waals surface area contributed by atoms with Gasteiger partial charge in [0.2, 0.25) is 0 Å². The Morgan fingerprint density at radius 2 is 2.11 bits per heavy atom. The molecule has 0 aliphatic heterocycles. The van der Waals surface area contributed by atoms with Gasteiger partial charge in [-0.25, -0.2) is 0 Å². The van der Waals surface area contributed by atoms with Crippen LogP contribution in [0.3, 0.4) is 0 Å². The van der Waals surface area contributed by atoms with Crippen molar-refractivity contribution in [2.24, 2.45) is 17.8 Å². The first-order valence-corrected chi connectivity index (χ1v) is 8.32. The number of hydrogen-bond donors (Lipinski definition) is 1. The zero-order valence-corrected chi connectivity index (χ0v) is 11.9. The van der Waals surface area contributed by atoms with E-state index in [1.54, 1.807) is 11.3 Å². The van der Waals surface area contributed by atoms with Gasteiger partial charge in [0.25, 0.3) is 0 Å². The largest absolute Gasteiger partial charge is 0.392 e. The standard InChI is InChI=1S/C17H20OS/c18-16(15-8-11-5-6-12(15)7-11)9-13-10-19-17-4-2-1-3-14(13)17/h1-4,10-12,15-16,18H,5-9H2. The molecule has 2 fully saturated rings. The molecule has 19 heavy (non-hydrogen) atoms. The SMILES string of the molecule is OC(Cc1csc2ccccc12)C1CC2CCC1C2. The number of thiophene rings is 1. The lowest BCUT2D eigenvalue weighted by Crippen LogP contribution is -2.27. The fourth-order valence-corrected chi connectivity index (χ4v) is 5.31. The zero-order valence-electron chi connectivity index (χ0n) is 11.1. The molecule has 1 heterocycles. The van der Waals surface area contributed by atoms with Crippen LogP contribution in [0.1, 0.15) is 31.2 Å². The summed E-state index contributed by atoms with van der Waals surface area (Å²) in [7, 11) is 0. The summed E-state index contributed by atoms with van der Waals surface area (Å²) in [6.45, 7) is 0. The second kappa shape index (κ2) is 4.60. The summed E-state index contributed by atoms with van der Waals surface area (Å²) >= 11 is 1.80. The average Bonchev–Trinajstić information content (AvgIpc) is 3.14. The fourth-order valence-electron chi connectivity index (χ4n) is 4.33. The van der Waals surface area contributed by atoms with Crippen molar-refractivity contribution < 1.29 is 5.11 Å². The highest BCUT2D eigenvalue weighted by Crippen LogP contribution is 2.50. The van der Waals surface area contributed by atoms with Crippen LogP contribution in [0.2, 0.25) is 0 Å². The fraction of sp³-hybridized carbons (Fsp3) is 0.529. The van der Waals surface area contributed by atoms with E-state index in [-0.39, 0.29) is 6.10 Å². The Balaban J connectivity index is 1.54. The van der Waals surface area contributed by atoms with Gasteiger partial charge in [0.1, 0.15) is 0 Å². The van der Waals surface area contributed by atoms with Crippen molar-refractivity contribution in [1.29, 1.82) is 0 Å². The third-order valence-corrected chi connectivity index (χ3v) is 6.29. The highest BCUT2D eigenvalue weighted by atomic mass is 32.1. The molecule has 2 aliphatic rings. The summed E-state index contributed by atoms with van der Waals surface area (Å²) in [4.78, 5) is 0. The predicted octanol–water partition coefficient (Wildman–Crippen LogP) is 4.24. The van der Waals surface area contributed by atoms with E-state index < -0.39 is 0 Å². The van der Waals surface area contributed by atoms with Gasteiger partial charge in [-0.2, -0.15) is 0 Å². The molecule has 2 aliphatic carbocycles. The van der Waals surface area contributed by atoms with Crippen LogP contribution >= 0.6 is 11.3 Å². The molecule has 4 rings (SSSR count). The summed E-state index contributed by atoms with van der Waals surface area (Å²) in [5, 5.41) is 14.2. The van der Waals surface area contributed by atoms with Crippen LogP contribution in [0.4, 0.5) is 0 Å². The number of fused-ring (bicyclic) bond motifs is 3. The molecule has 1 nitrogen and oxygen atoms in total. The normalized spacial score (nSPS) is 31.1. The molecular formula is C17H20OS. The average molecular weight is 272 g/mol. The van der Waals surface area contributed by atoms with Gasteiger partial charge in [0.15, 0.2) is 0 Å². The Kier molecular flexibility index (Phi) is 2.89. The molecule has 0 saturated heterocycles. The lowest BCUT2D eigenvalue weighted by atomic mass is 9.82. The Morgan fingerprint density at radius 1 is 1.21 bits per heavy atom. The van der Waals surface area contributed by atoms with Crippen LogP contribution < -0.4 is 0 Å². The van der Waals surface area contributed by atoms with E-state index in [0.717, 1.165) is 18.3 Å². The second-order valence-electron chi connectivity index (χ2n) is 6.37. The molecule has 0 spiro atoms. The van der Waals surface area contributed by atoms with Crippen molar-refractivity contribution in [3.63, 3.8) is 0 Å². The first kappa shape index (κ1) is 11.9. The smallest absolute Gasteiger partial charge is 0.0611 e. The minimum absolute atomic E-state index is 0.131. The van der Waals surface area contributed by atoms with Gasteiger partial charge in [0, 0.05) is 11.1 Å². The lowest BCUT2D eigenvalue weighted by Gasteiger charge is -2.26. The van der Waals surface area contributed by atoms with Crippen LogP contribution in [-0.4, -0.2) is 11.2 Å². The van der Waals surface area contributed by atoms with Gasteiger partial charge in [0.05, 0.1) is 6.10 Å². The Hall–Kier alpha value is -0.860. The topological polar surface area (TPSA) is 20.2 Å². The van der Waals surface area contributed by atoms with Gasteiger partial charge in [-0.1, -0.05) is 24.6 Å². The second-order valence-corrected chi connectivity index (χ2v) is 7.28. The van der Waals surface area contributed by atoms with E-state index in [1.807, 2.05) is 0 Å².